The van der Waals surface area contributed by atoms with Crippen LogP contribution in [0.1, 0.15) is 0 Å². The lowest BCUT2D eigenvalue weighted by Gasteiger charge is -2.20. The van der Waals surface area contributed by atoms with Crippen molar-refractivity contribution < 1.29 is 16.8 Å². The van der Waals surface area contributed by atoms with Crippen LogP contribution in [0.4, 0.5) is 0 Å². The van der Waals surface area contributed by atoms with Gasteiger partial charge >= 0.3 is 0 Å². The summed E-state index contributed by atoms with van der Waals surface area (Å²) in [7, 11) is -8.32. The molecular formula is C22H19NO4S2. The van der Waals surface area contributed by atoms with Gasteiger partial charge in [-0.2, -0.15) is 0 Å². The number of sulfone groups is 2. The zero-order valence-corrected chi connectivity index (χ0v) is 17.1. The lowest BCUT2D eigenvalue weighted by Crippen LogP contribution is -2.34. The Bertz CT molecular complexity index is 1270. The molecule has 1 aromatic heterocycles. The van der Waals surface area contributed by atoms with Crippen LogP contribution >= 0.6 is 0 Å². The molecule has 0 aliphatic carbocycles. The van der Waals surface area contributed by atoms with E-state index in [4.69, 9.17) is 0 Å². The standard InChI is InChI=1S/C22H19NO4S2/c24-28(25,19-10-3-1-4-11-19)22(29(26,27)20-12-5-2-6-13-20)17-23-16-15-18-9-7-8-14-21(18)23/h1-16,22H,17H2. The number of fused-ring (bicyclic) bond motifs is 1. The number of hydrogen-bond acceptors (Lipinski definition) is 4. The van der Waals surface area contributed by atoms with Gasteiger partial charge in [0.25, 0.3) is 0 Å². The summed E-state index contributed by atoms with van der Waals surface area (Å²) in [6, 6.07) is 24.8. The van der Waals surface area contributed by atoms with Crippen LogP contribution in [0.25, 0.3) is 10.9 Å². The molecule has 0 saturated carbocycles. The second kappa shape index (κ2) is 7.50. The van der Waals surface area contributed by atoms with Gasteiger partial charge in [0.2, 0.25) is 0 Å². The largest absolute Gasteiger partial charge is 0.345 e. The second-order valence-corrected chi connectivity index (χ2v) is 11.2. The third-order valence-electron chi connectivity index (χ3n) is 4.86. The summed E-state index contributed by atoms with van der Waals surface area (Å²) in [5.41, 5.74) is 0.782. The molecule has 4 aromatic rings. The Morgan fingerprint density at radius 2 is 1.10 bits per heavy atom. The second-order valence-electron chi connectivity index (χ2n) is 6.67. The molecule has 0 bridgehead atoms. The molecule has 0 unspecified atom stereocenters. The summed E-state index contributed by atoms with van der Waals surface area (Å²) in [5, 5.41) is 0.917. The molecule has 7 heteroatoms. The Hall–Kier alpha value is -2.90. The Labute approximate surface area is 170 Å². The number of nitrogens with zero attached hydrogens (tertiary/aromatic N) is 1. The number of benzene rings is 3. The summed E-state index contributed by atoms with van der Waals surface area (Å²) in [5.74, 6) is 0. The molecule has 0 aliphatic heterocycles. The van der Waals surface area contributed by atoms with Crippen molar-refractivity contribution in [1.29, 1.82) is 0 Å². The van der Waals surface area contributed by atoms with Crippen LogP contribution in [0.2, 0.25) is 0 Å². The van der Waals surface area contributed by atoms with Crippen molar-refractivity contribution in [3.8, 4) is 0 Å². The van der Waals surface area contributed by atoms with E-state index in [2.05, 4.69) is 0 Å². The lowest BCUT2D eigenvalue weighted by atomic mass is 10.2. The topological polar surface area (TPSA) is 73.2 Å². The fourth-order valence-electron chi connectivity index (χ4n) is 3.35. The molecular weight excluding hydrogens is 406 g/mol. The summed E-state index contributed by atoms with van der Waals surface area (Å²) >= 11 is 0. The molecule has 0 amide bonds. The van der Waals surface area contributed by atoms with Crippen molar-refractivity contribution in [1.82, 2.24) is 4.57 Å². The number of rotatable bonds is 6. The van der Waals surface area contributed by atoms with Crippen LogP contribution in [0.5, 0.6) is 0 Å². The average Bonchev–Trinajstić information content (AvgIpc) is 3.16. The summed E-state index contributed by atoms with van der Waals surface area (Å²) < 4.78 is 53.7. The Morgan fingerprint density at radius 1 is 0.621 bits per heavy atom. The minimum Gasteiger partial charge on any atom is -0.345 e. The summed E-state index contributed by atoms with van der Waals surface area (Å²) in [6.45, 7) is -0.206. The zero-order chi connectivity index (χ0) is 20.5. The van der Waals surface area contributed by atoms with Crippen LogP contribution in [0.3, 0.4) is 0 Å². The highest BCUT2D eigenvalue weighted by molar-refractivity contribution is 8.09. The van der Waals surface area contributed by atoms with Crippen molar-refractivity contribution in [2.75, 3.05) is 0 Å². The van der Waals surface area contributed by atoms with Crippen molar-refractivity contribution in [2.24, 2.45) is 0 Å². The molecule has 1 heterocycles. The maximum atomic E-state index is 13.4. The van der Waals surface area contributed by atoms with Crippen molar-refractivity contribution >= 4 is 30.6 Å². The fourth-order valence-corrected chi connectivity index (χ4v) is 7.74. The van der Waals surface area contributed by atoms with E-state index in [0.717, 1.165) is 10.9 Å². The van der Waals surface area contributed by atoms with E-state index in [0.29, 0.717) is 0 Å². The first-order valence-electron chi connectivity index (χ1n) is 9.02. The first kappa shape index (κ1) is 19.4. The van der Waals surface area contributed by atoms with E-state index in [1.54, 1.807) is 47.2 Å². The minimum absolute atomic E-state index is 0.0130. The zero-order valence-electron chi connectivity index (χ0n) is 15.4. The van der Waals surface area contributed by atoms with E-state index in [9.17, 15) is 16.8 Å². The summed E-state index contributed by atoms with van der Waals surface area (Å²) in [4.78, 5) is -0.0260. The molecule has 148 valence electrons. The highest BCUT2D eigenvalue weighted by atomic mass is 32.3. The number of hydrogen-bond donors (Lipinski definition) is 0. The van der Waals surface area contributed by atoms with Crippen molar-refractivity contribution in [3.63, 3.8) is 0 Å². The third-order valence-corrected chi connectivity index (χ3v) is 9.92. The first-order chi connectivity index (χ1) is 13.9. The molecule has 3 aromatic carbocycles. The van der Waals surface area contributed by atoms with Crippen LogP contribution in [0, 0.1) is 0 Å². The van der Waals surface area contributed by atoms with Gasteiger partial charge in [0.05, 0.1) is 16.3 Å². The van der Waals surface area contributed by atoms with Gasteiger partial charge in [-0.1, -0.05) is 54.6 Å². The molecule has 5 nitrogen and oxygen atoms in total. The first-order valence-corrected chi connectivity index (χ1v) is 12.1. The van der Waals surface area contributed by atoms with Crippen LogP contribution in [-0.4, -0.2) is 26.0 Å². The highest BCUT2D eigenvalue weighted by Gasteiger charge is 2.40. The molecule has 4 rings (SSSR count). The molecule has 0 atom stereocenters. The molecule has 0 radical (unpaired) electrons. The minimum atomic E-state index is -4.16. The van der Waals surface area contributed by atoms with E-state index in [1.165, 1.54) is 24.3 Å². The van der Waals surface area contributed by atoms with Gasteiger partial charge < -0.3 is 4.57 Å². The van der Waals surface area contributed by atoms with Gasteiger partial charge in [0.15, 0.2) is 24.3 Å². The van der Waals surface area contributed by atoms with Crippen molar-refractivity contribution in [3.05, 3.63) is 97.2 Å². The van der Waals surface area contributed by atoms with Gasteiger partial charge in [-0.25, -0.2) is 16.8 Å². The third kappa shape index (κ3) is 3.59. The molecule has 29 heavy (non-hydrogen) atoms. The maximum absolute atomic E-state index is 13.4. The Kier molecular flexibility index (Phi) is 5.02. The molecule has 0 spiro atoms. The predicted octanol–water partition coefficient (Wildman–Crippen LogP) is 3.92. The van der Waals surface area contributed by atoms with Crippen LogP contribution < -0.4 is 0 Å². The molecule has 0 saturated heterocycles. The average molecular weight is 426 g/mol. The van der Waals surface area contributed by atoms with E-state index >= 15 is 0 Å². The van der Waals surface area contributed by atoms with E-state index < -0.39 is 24.3 Å². The van der Waals surface area contributed by atoms with Gasteiger partial charge in [0, 0.05) is 11.7 Å². The monoisotopic (exact) mass is 425 g/mol. The van der Waals surface area contributed by atoms with Crippen LogP contribution in [0.15, 0.2) is 107 Å². The Balaban J connectivity index is 1.88. The number of para-hydroxylation sites is 1. The van der Waals surface area contributed by atoms with Gasteiger partial charge in [-0.15, -0.1) is 0 Å². The van der Waals surface area contributed by atoms with E-state index in [1.807, 2.05) is 30.3 Å². The van der Waals surface area contributed by atoms with Crippen molar-refractivity contribution in [2.45, 2.75) is 20.9 Å². The summed E-state index contributed by atoms with van der Waals surface area (Å²) in [6.07, 6.45) is 1.72. The normalized spacial score (nSPS) is 12.4. The fraction of sp³-hybridized carbons (Fsp3) is 0.0909. The number of aromatic nitrogens is 1. The van der Waals surface area contributed by atoms with Gasteiger partial charge in [0.1, 0.15) is 0 Å². The Morgan fingerprint density at radius 3 is 1.66 bits per heavy atom. The smallest absolute Gasteiger partial charge is 0.197 e. The van der Waals surface area contributed by atoms with Gasteiger partial charge in [-0.3, -0.25) is 0 Å². The maximum Gasteiger partial charge on any atom is 0.197 e. The molecule has 0 aliphatic rings. The highest BCUT2D eigenvalue weighted by Crippen LogP contribution is 2.28. The SMILES string of the molecule is O=S(=O)(c1ccccc1)C(Cn1ccc2ccccc21)S(=O)(=O)c1ccccc1. The van der Waals surface area contributed by atoms with Crippen LogP contribution in [-0.2, 0) is 26.2 Å². The van der Waals surface area contributed by atoms with Gasteiger partial charge in [-0.05, 0) is 41.8 Å². The molecule has 0 fully saturated rings. The quantitative estimate of drug-likeness (QED) is 0.469. The molecule has 0 N–H and O–H groups in total. The lowest BCUT2D eigenvalue weighted by molar-refractivity contribution is 0.562. The van der Waals surface area contributed by atoms with E-state index in [-0.39, 0.29) is 16.3 Å². The predicted molar refractivity (Wildman–Crippen MR) is 113 cm³/mol.